The molecule has 3 amide bonds. The number of hydrogen-bond donors (Lipinski definition) is 3. The van der Waals surface area contributed by atoms with E-state index in [2.05, 4.69) is 20.9 Å². The van der Waals surface area contributed by atoms with Crippen LogP contribution < -0.4 is 16.0 Å². The van der Waals surface area contributed by atoms with Gasteiger partial charge in [-0.05, 0) is 0 Å². The van der Waals surface area contributed by atoms with Crippen LogP contribution in [-0.4, -0.2) is 30.5 Å². The number of rotatable bonds is 0. The molecule has 2 rings (SSSR count). The fourth-order valence-corrected chi connectivity index (χ4v) is 1.08. The maximum atomic E-state index is 11.0. The van der Waals surface area contributed by atoms with Crippen molar-refractivity contribution in [1.29, 1.82) is 0 Å². The van der Waals surface area contributed by atoms with Gasteiger partial charge in [0.25, 0.3) is 5.91 Å². The summed E-state index contributed by atoms with van der Waals surface area (Å²) < 4.78 is 0. The van der Waals surface area contributed by atoms with Gasteiger partial charge >= 0.3 is 6.03 Å². The van der Waals surface area contributed by atoms with Crippen molar-refractivity contribution < 1.29 is 9.59 Å². The van der Waals surface area contributed by atoms with Crippen molar-refractivity contribution in [1.82, 2.24) is 16.0 Å². The van der Waals surface area contributed by atoms with Gasteiger partial charge in [-0.2, -0.15) is 0 Å². The fourth-order valence-electron chi connectivity index (χ4n) is 1.08. The van der Waals surface area contributed by atoms with Gasteiger partial charge in [-0.15, -0.1) is 0 Å². The fraction of sp³-hybridized carbons (Fsp3) is 0.400. The van der Waals surface area contributed by atoms with Gasteiger partial charge in [-0.25, -0.2) is 9.79 Å². The summed E-state index contributed by atoms with van der Waals surface area (Å²) in [6.07, 6.45) is 0.983. The van der Waals surface area contributed by atoms with Crippen LogP contribution in [0, 0.1) is 0 Å². The number of urea groups is 1. The third-order valence-electron chi connectivity index (χ3n) is 1.60. The van der Waals surface area contributed by atoms with E-state index >= 15 is 0 Å². The quantitative estimate of drug-likeness (QED) is 0.383. The molecule has 1 fully saturated rings. The van der Waals surface area contributed by atoms with Gasteiger partial charge in [0.2, 0.25) is 0 Å². The zero-order valence-electron chi connectivity index (χ0n) is 5.50. The third-order valence-corrected chi connectivity index (χ3v) is 1.60. The van der Waals surface area contributed by atoms with Gasteiger partial charge < -0.3 is 10.6 Å². The minimum absolute atomic E-state index is 0.337. The predicted octanol–water partition coefficient (Wildman–Crippen LogP) is -1.85. The van der Waals surface area contributed by atoms with Gasteiger partial charge in [-0.1, -0.05) is 0 Å². The SMILES string of the molecule is O=C1NC(=O)[C@H]2NC=N[C@H]2N1. The van der Waals surface area contributed by atoms with Crippen LogP contribution in [0.4, 0.5) is 4.79 Å². The van der Waals surface area contributed by atoms with Crippen molar-refractivity contribution in [2.45, 2.75) is 12.2 Å². The molecule has 0 unspecified atom stereocenters. The van der Waals surface area contributed by atoms with E-state index in [1.807, 2.05) is 0 Å². The molecular formula is C5H6N4O2. The largest absolute Gasteiger partial charge is 0.362 e. The minimum atomic E-state index is -0.489. The zero-order valence-corrected chi connectivity index (χ0v) is 5.50. The Hall–Kier alpha value is -1.59. The second-order valence-corrected chi connectivity index (χ2v) is 2.33. The van der Waals surface area contributed by atoms with E-state index in [0.29, 0.717) is 0 Å². The Kier molecular flexibility index (Phi) is 1.09. The average molecular weight is 154 g/mol. The number of carbonyl (C=O) groups is 2. The van der Waals surface area contributed by atoms with E-state index in [4.69, 9.17) is 0 Å². The van der Waals surface area contributed by atoms with Crippen molar-refractivity contribution in [3.8, 4) is 0 Å². The van der Waals surface area contributed by atoms with Crippen LogP contribution in [0.2, 0.25) is 0 Å². The zero-order chi connectivity index (χ0) is 7.84. The summed E-state index contributed by atoms with van der Waals surface area (Å²) in [5, 5.41) is 7.31. The number of nitrogens with zero attached hydrogens (tertiary/aromatic N) is 1. The van der Waals surface area contributed by atoms with Gasteiger partial charge in [0.15, 0.2) is 6.17 Å². The molecule has 0 aromatic carbocycles. The van der Waals surface area contributed by atoms with Crippen LogP contribution in [0.5, 0.6) is 0 Å². The first-order valence-corrected chi connectivity index (χ1v) is 3.16. The Labute approximate surface area is 62.1 Å². The molecule has 6 nitrogen and oxygen atoms in total. The molecule has 11 heavy (non-hydrogen) atoms. The van der Waals surface area contributed by atoms with Gasteiger partial charge in [0.05, 0.1) is 6.34 Å². The average Bonchev–Trinajstić information content (AvgIpc) is 2.34. The third kappa shape index (κ3) is 0.830. The standard InChI is InChI=1S/C5H6N4O2/c10-4-2-3(7-1-6-2)8-5(11)9-4/h1-3H,(H,6,7)(H2,8,9,10,11)/t2-,3-/m0/s1. The Morgan fingerprint density at radius 2 is 2.27 bits per heavy atom. The molecule has 2 aliphatic rings. The Morgan fingerprint density at radius 1 is 1.45 bits per heavy atom. The van der Waals surface area contributed by atoms with Crippen LogP contribution in [0.25, 0.3) is 0 Å². The van der Waals surface area contributed by atoms with Crippen molar-refractivity contribution in [3.63, 3.8) is 0 Å². The monoisotopic (exact) mass is 154 g/mol. The highest BCUT2D eigenvalue weighted by Gasteiger charge is 2.36. The molecule has 1 saturated heterocycles. The second-order valence-electron chi connectivity index (χ2n) is 2.33. The van der Waals surface area contributed by atoms with Gasteiger partial charge in [-0.3, -0.25) is 10.1 Å². The molecule has 0 bridgehead atoms. The second kappa shape index (κ2) is 1.94. The lowest BCUT2D eigenvalue weighted by Crippen LogP contribution is -2.62. The summed E-state index contributed by atoms with van der Waals surface area (Å²) in [5.74, 6) is -0.337. The highest BCUT2D eigenvalue weighted by molar-refractivity contribution is 6.01. The molecule has 6 heteroatoms. The summed E-state index contributed by atoms with van der Waals surface area (Å²) in [5.41, 5.74) is 0. The number of nitrogens with one attached hydrogen (secondary N) is 3. The summed E-state index contributed by atoms with van der Waals surface area (Å²) in [6, 6.07) is -0.926. The summed E-state index contributed by atoms with van der Waals surface area (Å²) in [7, 11) is 0. The van der Waals surface area contributed by atoms with E-state index < -0.39 is 18.2 Å². The van der Waals surface area contributed by atoms with E-state index in [1.165, 1.54) is 6.34 Å². The molecule has 0 radical (unpaired) electrons. The number of aliphatic imine (C=N–C) groups is 1. The van der Waals surface area contributed by atoms with Crippen molar-refractivity contribution in [2.75, 3.05) is 0 Å². The van der Waals surface area contributed by atoms with Crippen molar-refractivity contribution in [3.05, 3.63) is 0 Å². The van der Waals surface area contributed by atoms with Crippen molar-refractivity contribution in [2.24, 2.45) is 4.99 Å². The van der Waals surface area contributed by atoms with Crippen LogP contribution in [-0.2, 0) is 4.79 Å². The number of imide groups is 1. The van der Waals surface area contributed by atoms with Crippen LogP contribution in [0.1, 0.15) is 0 Å². The van der Waals surface area contributed by atoms with E-state index in [1.54, 1.807) is 0 Å². The molecule has 0 aliphatic carbocycles. The topological polar surface area (TPSA) is 82.6 Å². The smallest absolute Gasteiger partial charge is 0.323 e. The predicted molar refractivity (Wildman–Crippen MR) is 35.9 cm³/mol. The molecular weight excluding hydrogens is 148 g/mol. The number of carbonyl (C=O) groups excluding carboxylic acids is 2. The molecule has 58 valence electrons. The molecule has 0 saturated carbocycles. The van der Waals surface area contributed by atoms with E-state index in [0.717, 1.165) is 0 Å². The number of amides is 3. The van der Waals surface area contributed by atoms with E-state index in [-0.39, 0.29) is 5.91 Å². The first-order chi connectivity index (χ1) is 5.27. The molecule has 3 N–H and O–H groups in total. The normalized spacial score (nSPS) is 33.8. The first kappa shape index (κ1) is 6.14. The molecule has 0 aromatic heterocycles. The maximum absolute atomic E-state index is 11.0. The van der Waals surface area contributed by atoms with Crippen LogP contribution in [0.15, 0.2) is 4.99 Å². The highest BCUT2D eigenvalue weighted by atomic mass is 16.2. The molecule has 0 spiro atoms. The maximum Gasteiger partial charge on any atom is 0.323 e. The lowest BCUT2D eigenvalue weighted by atomic mass is 10.2. The lowest BCUT2D eigenvalue weighted by Gasteiger charge is -2.23. The molecule has 2 heterocycles. The minimum Gasteiger partial charge on any atom is -0.362 e. The lowest BCUT2D eigenvalue weighted by molar-refractivity contribution is -0.122. The first-order valence-electron chi connectivity index (χ1n) is 3.16. The summed E-state index contributed by atoms with van der Waals surface area (Å²) in [4.78, 5) is 25.5. The van der Waals surface area contributed by atoms with Crippen molar-refractivity contribution >= 4 is 18.3 Å². The molecule has 2 aliphatic heterocycles. The van der Waals surface area contributed by atoms with Gasteiger partial charge in [0.1, 0.15) is 6.04 Å². The number of hydrogen-bond acceptors (Lipinski definition) is 4. The Morgan fingerprint density at radius 3 is 3.09 bits per heavy atom. The summed E-state index contributed by atoms with van der Waals surface area (Å²) >= 11 is 0. The Bertz CT molecular complexity index is 249. The van der Waals surface area contributed by atoms with Crippen LogP contribution >= 0.6 is 0 Å². The van der Waals surface area contributed by atoms with Gasteiger partial charge in [0, 0.05) is 0 Å². The number of fused-ring (bicyclic) bond motifs is 1. The Balaban J connectivity index is 2.20. The molecule has 0 aromatic rings. The van der Waals surface area contributed by atoms with E-state index in [9.17, 15) is 9.59 Å². The summed E-state index contributed by atoms with van der Waals surface area (Å²) in [6.45, 7) is 0. The highest BCUT2D eigenvalue weighted by Crippen LogP contribution is 2.04. The molecule has 2 atom stereocenters. The van der Waals surface area contributed by atoms with Crippen LogP contribution in [0.3, 0.4) is 0 Å².